The molecule has 0 saturated carbocycles. The van der Waals surface area contributed by atoms with E-state index in [1.165, 1.54) is 0 Å². The molecule has 2 nitrogen and oxygen atoms in total. The van der Waals surface area contributed by atoms with Crippen LogP contribution in [0.4, 0.5) is 8.78 Å². The third-order valence-corrected chi connectivity index (χ3v) is 2.15. The summed E-state index contributed by atoms with van der Waals surface area (Å²) in [5.41, 5.74) is -0.631. The highest BCUT2D eigenvalue weighted by molar-refractivity contribution is 6.34. The van der Waals surface area contributed by atoms with Gasteiger partial charge in [0.1, 0.15) is 0 Å². The van der Waals surface area contributed by atoms with Gasteiger partial charge in [-0.3, -0.25) is 9.59 Å². The maximum absolute atomic E-state index is 12.3. The molecule has 0 amide bonds. The molecule has 0 spiro atoms. The molecule has 0 N–H and O–H groups in total. The minimum atomic E-state index is -2.76. The fourth-order valence-corrected chi connectivity index (χ4v) is 1.31. The van der Waals surface area contributed by atoms with Crippen molar-refractivity contribution in [3.05, 3.63) is 33.8 Å². The average molecular weight is 219 g/mol. The smallest absolute Gasteiger partial charge is 0.265 e. The molecule has 14 heavy (non-hydrogen) atoms. The molecular formula is C9H5ClF2O2. The van der Waals surface area contributed by atoms with Gasteiger partial charge in [-0.25, -0.2) is 8.78 Å². The van der Waals surface area contributed by atoms with Gasteiger partial charge >= 0.3 is 0 Å². The molecule has 0 fully saturated rings. The monoisotopic (exact) mass is 218 g/mol. The van der Waals surface area contributed by atoms with Crippen LogP contribution in [0.3, 0.4) is 0 Å². The van der Waals surface area contributed by atoms with Gasteiger partial charge in [-0.15, -0.1) is 0 Å². The molecule has 0 aliphatic carbocycles. The number of hydrogen-bond donors (Lipinski definition) is 0. The second kappa shape index (κ2) is 4.28. The van der Waals surface area contributed by atoms with Crippen LogP contribution < -0.4 is 0 Å². The van der Waals surface area contributed by atoms with Gasteiger partial charge < -0.3 is 0 Å². The van der Waals surface area contributed by atoms with Crippen LogP contribution in [0.5, 0.6) is 0 Å². The summed E-state index contributed by atoms with van der Waals surface area (Å²) < 4.78 is 24.6. The predicted octanol–water partition coefficient (Wildman–Crippen LogP) is 2.90. The van der Waals surface area contributed by atoms with Gasteiger partial charge in [-0.2, -0.15) is 0 Å². The highest BCUT2D eigenvalue weighted by Gasteiger charge is 2.16. The van der Waals surface area contributed by atoms with Gasteiger partial charge in [0, 0.05) is 16.7 Å². The Bertz CT molecular complexity index is 377. The van der Waals surface area contributed by atoms with Crippen LogP contribution in [-0.4, -0.2) is 12.6 Å². The quantitative estimate of drug-likeness (QED) is 0.731. The first kappa shape index (κ1) is 10.8. The van der Waals surface area contributed by atoms with E-state index in [0.29, 0.717) is 6.29 Å². The molecule has 1 aromatic rings. The Balaban J connectivity index is 3.41. The number of carbonyl (C=O) groups is 2. The van der Waals surface area contributed by atoms with Crippen LogP contribution in [0, 0.1) is 0 Å². The van der Waals surface area contributed by atoms with Crippen LogP contribution in [0.2, 0.25) is 5.02 Å². The molecule has 0 heterocycles. The van der Waals surface area contributed by atoms with Crippen molar-refractivity contribution in [2.75, 3.05) is 0 Å². The zero-order valence-corrected chi connectivity index (χ0v) is 7.59. The van der Waals surface area contributed by atoms with Crippen LogP contribution in [0.15, 0.2) is 12.1 Å². The van der Waals surface area contributed by atoms with Crippen LogP contribution in [0.1, 0.15) is 32.7 Å². The maximum atomic E-state index is 12.3. The van der Waals surface area contributed by atoms with Crippen LogP contribution >= 0.6 is 11.6 Å². The number of aldehydes is 2. The van der Waals surface area contributed by atoms with Gasteiger partial charge in [0.2, 0.25) is 0 Å². The summed E-state index contributed by atoms with van der Waals surface area (Å²) in [6.45, 7) is 0. The molecule has 0 aliphatic rings. The molecule has 0 saturated heterocycles. The molecular weight excluding hydrogens is 214 g/mol. The Hall–Kier alpha value is -1.29. The lowest BCUT2D eigenvalue weighted by atomic mass is 10.1. The first-order valence-corrected chi connectivity index (χ1v) is 4.00. The summed E-state index contributed by atoms with van der Waals surface area (Å²) >= 11 is 5.52. The van der Waals surface area contributed by atoms with Crippen molar-refractivity contribution in [2.24, 2.45) is 0 Å². The number of carbonyl (C=O) groups excluding carboxylic acids is 2. The van der Waals surface area contributed by atoms with Gasteiger partial charge in [-0.05, 0) is 0 Å². The highest BCUT2D eigenvalue weighted by Crippen LogP contribution is 2.30. The molecule has 0 aromatic heterocycles. The van der Waals surface area contributed by atoms with Crippen molar-refractivity contribution < 1.29 is 18.4 Å². The second-order valence-electron chi connectivity index (χ2n) is 2.51. The molecule has 1 aromatic carbocycles. The maximum Gasteiger partial charge on any atom is 0.265 e. The minimum Gasteiger partial charge on any atom is -0.298 e. The first-order chi connectivity index (χ1) is 6.61. The molecule has 0 bridgehead atoms. The lowest BCUT2D eigenvalue weighted by Gasteiger charge is -2.06. The lowest BCUT2D eigenvalue weighted by molar-refractivity contribution is 0.109. The summed E-state index contributed by atoms with van der Waals surface area (Å²) in [4.78, 5) is 20.9. The molecule has 74 valence electrons. The fraction of sp³-hybridized carbons (Fsp3) is 0.111. The van der Waals surface area contributed by atoms with Crippen molar-refractivity contribution in [2.45, 2.75) is 6.43 Å². The van der Waals surface area contributed by atoms with Crippen molar-refractivity contribution in [3.63, 3.8) is 0 Å². The third kappa shape index (κ3) is 1.80. The third-order valence-electron chi connectivity index (χ3n) is 1.72. The van der Waals surface area contributed by atoms with E-state index in [9.17, 15) is 18.4 Å². The summed E-state index contributed by atoms with van der Waals surface area (Å²) in [5.74, 6) is 0. The summed E-state index contributed by atoms with van der Waals surface area (Å²) in [6.07, 6.45) is -2.08. The van der Waals surface area contributed by atoms with E-state index >= 15 is 0 Å². The molecule has 0 atom stereocenters. The Kier molecular flexibility index (Phi) is 3.30. The topological polar surface area (TPSA) is 34.1 Å². The normalized spacial score (nSPS) is 10.3. The highest BCUT2D eigenvalue weighted by atomic mass is 35.5. The first-order valence-electron chi connectivity index (χ1n) is 3.62. The summed E-state index contributed by atoms with van der Waals surface area (Å²) in [7, 11) is 0. The van der Waals surface area contributed by atoms with E-state index in [0.717, 1.165) is 12.1 Å². The van der Waals surface area contributed by atoms with Gasteiger partial charge in [0.15, 0.2) is 12.6 Å². The SMILES string of the molecule is O=Cc1ccc(C(F)F)c(Cl)c1C=O. The van der Waals surface area contributed by atoms with Crippen LogP contribution in [0.25, 0.3) is 0 Å². The summed E-state index contributed by atoms with van der Waals surface area (Å²) in [5, 5.41) is -0.361. The fourth-order valence-electron chi connectivity index (χ4n) is 1.02. The molecule has 5 heteroatoms. The van der Waals surface area contributed by atoms with E-state index in [1.807, 2.05) is 0 Å². The Morgan fingerprint density at radius 2 is 1.86 bits per heavy atom. The van der Waals surface area contributed by atoms with E-state index in [1.54, 1.807) is 0 Å². The zero-order chi connectivity index (χ0) is 10.7. The predicted molar refractivity (Wildman–Crippen MR) is 47.2 cm³/mol. The van der Waals surface area contributed by atoms with Gasteiger partial charge in [-0.1, -0.05) is 23.7 Å². The average Bonchev–Trinajstić information content (AvgIpc) is 2.16. The van der Waals surface area contributed by atoms with Crippen molar-refractivity contribution >= 4 is 24.2 Å². The number of benzene rings is 1. The Labute approximate surface area is 83.5 Å². The second-order valence-corrected chi connectivity index (χ2v) is 2.89. The van der Waals surface area contributed by atoms with E-state index in [4.69, 9.17) is 11.6 Å². The number of rotatable bonds is 3. The number of alkyl halides is 2. The minimum absolute atomic E-state index is 0.00870. The van der Waals surface area contributed by atoms with E-state index in [2.05, 4.69) is 0 Å². The van der Waals surface area contributed by atoms with Gasteiger partial charge in [0.25, 0.3) is 6.43 Å². The number of hydrogen-bond acceptors (Lipinski definition) is 2. The van der Waals surface area contributed by atoms with Crippen LogP contribution in [-0.2, 0) is 0 Å². The van der Waals surface area contributed by atoms with Crippen molar-refractivity contribution in [1.29, 1.82) is 0 Å². The Morgan fingerprint density at radius 3 is 2.29 bits per heavy atom. The van der Waals surface area contributed by atoms with Gasteiger partial charge in [0.05, 0.1) is 5.02 Å². The van der Waals surface area contributed by atoms with Crippen molar-refractivity contribution in [3.8, 4) is 0 Å². The summed E-state index contributed by atoms with van der Waals surface area (Å²) in [6, 6.07) is 2.17. The molecule has 0 aliphatic heterocycles. The molecule has 0 unspecified atom stereocenters. The standard InChI is InChI=1S/C9H5ClF2O2/c10-8-6(9(11)12)2-1-5(3-13)7(8)4-14/h1-4,9H. The van der Waals surface area contributed by atoms with E-state index < -0.39 is 12.0 Å². The largest absolute Gasteiger partial charge is 0.298 e. The number of halogens is 3. The Morgan fingerprint density at radius 1 is 1.21 bits per heavy atom. The van der Waals surface area contributed by atoms with E-state index in [-0.39, 0.29) is 22.4 Å². The van der Waals surface area contributed by atoms with Crippen molar-refractivity contribution in [1.82, 2.24) is 0 Å². The lowest BCUT2D eigenvalue weighted by Crippen LogP contribution is -1.96. The molecule has 1 rings (SSSR count). The zero-order valence-electron chi connectivity index (χ0n) is 6.84. The molecule has 0 radical (unpaired) electrons.